The molecule has 1 aliphatic rings. The Kier molecular flexibility index (Phi) is 7.75. The second-order valence-corrected chi connectivity index (χ2v) is 12.8. The van der Waals surface area contributed by atoms with E-state index >= 15 is 0 Å². The molecule has 0 unspecified atom stereocenters. The lowest BCUT2D eigenvalue weighted by Crippen LogP contribution is -2.44. The van der Waals surface area contributed by atoms with Crippen LogP contribution in [-0.4, -0.2) is 53.1 Å². The molecule has 2 aromatic rings. The number of nitrogens with one attached hydrogen (secondary N) is 1. The zero-order valence-electron chi connectivity index (χ0n) is 18.5. The summed E-state index contributed by atoms with van der Waals surface area (Å²) in [4.78, 5) is 0.185. The number of piperidine rings is 1. The zero-order chi connectivity index (χ0) is 23.5. The topological polar surface area (TPSA) is 86.8 Å². The number of rotatable bonds is 8. The molecule has 1 N–H and O–H groups in total. The number of sulfonamides is 2. The molecule has 1 atom stereocenters. The van der Waals surface area contributed by atoms with Crippen molar-refractivity contribution in [2.24, 2.45) is 5.92 Å². The van der Waals surface area contributed by atoms with Crippen LogP contribution in [0.2, 0.25) is 5.02 Å². The number of anilines is 2. The van der Waals surface area contributed by atoms with E-state index in [1.807, 2.05) is 13.8 Å². The van der Waals surface area contributed by atoms with Crippen LogP contribution < -0.4 is 9.62 Å². The van der Waals surface area contributed by atoms with E-state index in [-0.39, 0.29) is 16.9 Å². The maximum atomic E-state index is 13.4. The van der Waals surface area contributed by atoms with Gasteiger partial charge in [0.2, 0.25) is 10.0 Å². The Morgan fingerprint density at radius 2 is 1.81 bits per heavy atom. The number of hydrogen-bond donors (Lipinski definition) is 1. The molecule has 0 aliphatic carbocycles. The maximum Gasteiger partial charge on any atom is 0.264 e. The first-order valence-electron chi connectivity index (χ1n) is 10.6. The van der Waals surface area contributed by atoms with Gasteiger partial charge in [-0.3, -0.25) is 4.31 Å². The van der Waals surface area contributed by atoms with Gasteiger partial charge in [0.05, 0.1) is 16.8 Å². The van der Waals surface area contributed by atoms with E-state index in [1.54, 1.807) is 48.5 Å². The first kappa shape index (κ1) is 24.8. The van der Waals surface area contributed by atoms with Gasteiger partial charge in [-0.15, -0.1) is 0 Å². The van der Waals surface area contributed by atoms with Gasteiger partial charge < -0.3 is 5.32 Å². The molecule has 0 radical (unpaired) electrons. The Balaban J connectivity index is 1.80. The molecule has 10 heteroatoms. The maximum absolute atomic E-state index is 13.4. The molecule has 0 spiro atoms. The predicted octanol–water partition coefficient (Wildman–Crippen LogP) is 4.03. The van der Waals surface area contributed by atoms with Gasteiger partial charge >= 0.3 is 0 Å². The van der Waals surface area contributed by atoms with Crippen LogP contribution in [0.4, 0.5) is 11.4 Å². The Bertz CT molecular complexity index is 1140. The van der Waals surface area contributed by atoms with Gasteiger partial charge in [0.1, 0.15) is 0 Å². The molecular weight excluding hydrogens is 470 g/mol. The lowest BCUT2D eigenvalue weighted by atomic mass is 10.1. The molecule has 176 valence electrons. The highest BCUT2D eigenvalue weighted by molar-refractivity contribution is 7.92. The van der Waals surface area contributed by atoms with Crippen molar-refractivity contribution in [3.05, 3.63) is 53.6 Å². The van der Waals surface area contributed by atoms with Gasteiger partial charge in [-0.05, 0) is 61.2 Å². The van der Waals surface area contributed by atoms with Crippen LogP contribution in [0.1, 0.15) is 26.7 Å². The lowest BCUT2D eigenvalue weighted by molar-refractivity contribution is 0.329. The highest BCUT2D eigenvalue weighted by atomic mass is 35.5. The predicted molar refractivity (Wildman–Crippen MR) is 130 cm³/mol. The van der Waals surface area contributed by atoms with Crippen molar-refractivity contribution >= 4 is 43.0 Å². The third-order valence-corrected chi connectivity index (χ3v) is 8.61. The summed E-state index contributed by atoms with van der Waals surface area (Å²) in [6.45, 7) is 5.18. The fraction of sp³-hybridized carbons (Fsp3) is 0.455. The summed E-state index contributed by atoms with van der Waals surface area (Å²) < 4.78 is 53.4. The summed E-state index contributed by atoms with van der Waals surface area (Å²) in [5.74, 6) is 0.119. The van der Waals surface area contributed by atoms with Crippen LogP contribution >= 0.6 is 11.6 Å². The van der Waals surface area contributed by atoms with Crippen molar-refractivity contribution in [3.63, 3.8) is 0 Å². The van der Waals surface area contributed by atoms with Crippen molar-refractivity contribution < 1.29 is 16.8 Å². The van der Waals surface area contributed by atoms with Crippen molar-refractivity contribution in [2.45, 2.75) is 37.6 Å². The molecule has 2 aromatic carbocycles. The molecule has 1 fully saturated rings. The highest BCUT2D eigenvalue weighted by Crippen LogP contribution is 2.28. The third kappa shape index (κ3) is 6.15. The van der Waals surface area contributed by atoms with Crippen LogP contribution in [0.5, 0.6) is 0 Å². The molecular formula is C22H30ClN3O4S2. The minimum absolute atomic E-state index is 0.0233. The highest BCUT2D eigenvalue weighted by Gasteiger charge is 2.27. The molecule has 0 bridgehead atoms. The van der Waals surface area contributed by atoms with Crippen LogP contribution in [-0.2, 0) is 20.0 Å². The minimum Gasteiger partial charge on any atom is -0.381 e. The molecule has 1 aliphatic heterocycles. The molecule has 3 rings (SSSR count). The number of nitrogens with zero attached hydrogens (tertiary/aromatic N) is 2. The SMILES string of the molecule is CC(C)CN(c1cccc(Cl)c1)S(=O)(=O)c1ccc(N[C@@H]2CCCN(S(C)(=O)=O)C2)cc1. The van der Waals surface area contributed by atoms with Crippen molar-refractivity contribution in [1.82, 2.24) is 4.31 Å². The molecule has 0 saturated carbocycles. The van der Waals surface area contributed by atoms with Gasteiger partial charge in [0, 0.05) is 36.4 Å². The van der Waals surface area contributed by atoms with Gasteiger partial charge in [-0.2, -0.15) is 0 Å². The molecule has 0 amide bonds. The summed E-state index contributed by atoms with van der Waals surface area (Å²) >= 11 is 6.10. The molecule has 1 saturated heterocycles. The van der Waals surface area contributed by atoms with Crippen molar-refractivity contribution in [3.8, 4) is 0 Å². The first-order chi connectivity index (χ1) is 15.0. The Hall–Kier alpha value is -1.81. The lowest BCUT2D eigenvalue weighted by Gasteiger charge is -2.32. The normalized spacial score (nSPS) is 18.0. The Morgan fingerprint density at radius 1 is 1.12 bits per heavy atom. The zero-order valence-corrected chi connectivity index (χ0v) is 20.9. The van der Waals surface area contributed by atoms with E-state index in [2.05, 4.69) is 5.32 Å². The van der Waals surface area contributed by atoms with E-state index in [4.69, 9.17) is 11.6 Å². The average molecular weight is 500 g/mol. The van der Waals surface area contributed by atoms with Crippen LogP contribution in [0.15, 0.2) is 53.4 Å². The van der Waals surface area contributed by atoms with Crippen molar-refractivity contribution in [2.75, 3.05) is 35.5 Å². The second kappa shape index (κ2) is 9.99. The summed E-state index contributed by atoms with van der Waals surface area (Å²) in [5, 5.41) is 3.80. The van der Waals surface area contributed by atoms with Gasteiger partial charge in [-0.25, -0.2) is 21.1 Å². The second-order valence-electron chi connectivity index (χ2n) is 8.54. The Labute approximate surface area is 196 Å². The largest absolute Gasteiger partial charge is 0.381 e. The number of benzene rings is 2. The van der Waals surface area contributed by atoms with E-state index in [9.17, 15) is 16.8 Å². The molecule has 0 aromatic heterocycles. The standard InChI is InChI=1S/C22H30ClN3O4S2/c1-17(2)15-26(21-8-4-6-18(23)14-21)32(29,30)22-11-9-19(10-12-22)24-20-7-5-13-25(16-20)31(3,27)28/h4,6,8-12,14,17,20,24H,5,7,13,15-16H2,1-3H3/t20-/m1/s1. The molecule has 1 heterocycles. The van der Waals surface area contributed by atoms with Crippen LogP contribution in [0.3, 0.4) is 0 Å². The monoisotopic (exact) mass is 499 g/mol. The first-order valence-corrected chi connectivity index (χ1v) is 14.2. The summed E-state index contributed by atoms with van der Waals surface area (Å²) in [5.41, 5.74) is 1.28. The van der Waals surface area contributed by atoms with Gasteiger partial charge in [0.25, 0.3) is 10.0 Å². The average Bonchev–Trinajstić information content (AvgIpc) is 2.72. The number of halogens is 1. The van der Waals surface area contributed by atoms with Crippen molar-refractivity contribution in [1.29, 1.82) is 0 Å². The number of hydrogen-bond acceptors (Lipinski definition) is 5. The van der Waals surface area contributed by atoms with E-state index in [0.29, 0.717) is 30.3 Å². The summed E-state index contributed by atoms with van der Waals surface area (Å²) in [6, 6.07) is 13.4. The van der Waals surface area contributed by atoms with E-state index in [1.165, 1.54) is 14.9 Å². The fourth-order valence-corrected chi connectivity index (χ4v) is 6.47. The molecule has 7 nitrogen and oxygen atoms in total. The summed E-state index contributed by atoms with van der Waals surface area (Å²) in [6.07, 6.45) is 2.85. The van der Waals surface area contributed by atoms with Crippen LogP contribution in [0, 0.1) is 5.92 Å². The summed E-state index contributed by atoms with van der Waals surface area (Å²) in [7, 11) is -7.01. The van der Waals surface area contributed by atoms with Crippen LogP contribution in [0.25, 0.3) is 0 Å². The van der Waals surface area contributed by atoms with E-state index < -0.39 is 20.0 Å². The van der Waals surface area contributed by atoms with Gasteiger partial charge in [0.15, 0.2) is 0 Å². The minimum atomic E-state index is -3.78. The quantitative estimate of drug-likeness (QED) is 0.592. The van der Waals surface area contributed by atoms with E-state index in [0.717, 1.165) is 18.5 Å². The Morgan fingerprint density at radius 3 is 2.41 bits per heavy atom. The molecule has 32 heavy (non-hydrogen) atoms. The van der Waals surface area contributed by atoms with Gasteiger partial charge in [-0.1, -0.05) is 31.5 Å². The smallest absolute Gasteiger partial charge is 0.264 e. The fourth-order valence-electron chi connectivity index (χ4n) is 3.75. The third-order valence-electron chi connectivity index (χ3n) is 5.29.